The van der Waals surface area contributed by atoms with Gasteiger partial charge >= 0.3 is 6.16 Å². The molecule has 0 aliphatic heterocycles. The first-order chi connectivity index (χ1) is 7.91. The van der Waals surface area contributed by atoms with Crippen molar-refractivity contribution >= 4 is 6.16 Å². The van der Waals surface area contributed by atoms with Gasteiger partial charge in [0.15, 0.2) is 0 Å². The Labute approximate surface area is 100 Å². The van der Waals surface area contributed by atoms with E-state index in [1.165, 1.54) is 0 Å². The van der Waals surface area contributed by atoms with Crippen molar-refractivity contribution in [1.82, 2.24) is 0 Å². The van der Waals surface area contributed by atoms with E-state index in [9.17, 15) is 5.11 Å². The molecule has 0 aliphatic carbocycles. The molecule has 0 fully saturated rings. The molecule has 0 heterocycles. The van der Waals surface area contributed by atoms with E-state index in [4.69, 9.17) is 24.9 Å². The summed E-state index contributed by atoms with van der Waals surface area (Å²) in [5.41, 5.74) is -0.918. The van der Waals surface area contributed by atoms with Gasteiger partial charge in [-0.25, -0.2) is 4.79 Å². The Bertz CT molecular complexity index is 212. The fourth-order valence-electron chi connectivity index (χ4n) is 1.07. The first kappa shape index (κ1) is 18.0. The summed E-state index contributed by atoms with van der Waals surface area (Å²) in [5, 5.41) is 32.3. The first-order valence-electron chi connectivity index (χ1n) is 4.96. The van der Waals surface area contributed by atoms with Gasteiger partial charge in [0, 0.05) is 0 Å². The molecule has 6 nitrogen and oxygen atoms in total. The average molecular weight is 248 g/mol. The number of rotatable bonds is 8. The van der Waals surface area contributed by atoms with Crippen molar-refractivity contribution in [2.75, 3.05) is 19.8 Å². The second-order valence-corrected chi connectivity index (χ2v) is 3.27. The van der Waals surface area contributed by atoms with Crippen molar-refractivity contribution in [1.29, 1.82) is 0 Å². The number of carbonyl (C=O) groups is 1. The SMILES string of the molecule is C=CCC(O)(CC=C)COCCO.O=C(O)O. The smallest absolute Gasteiger partial charge is 0.450 e. The Balaban J connectivity index is 0. The van der Waals surface area contributed by atoms with Gasteiger partial charge in [-0.3, -0.25) is 0 Å². The summed E-state index contributed by atoms with van der Waals surface area (Å²) in [6, 6.07) is 0. The van der Waals surface area contributed by atoms with Crippen molar-refractivity contribution in [3.8, 4) is 0 Å². The number of aliphatic hydroxyl groups is 2. The van der Waals surface area contributed by atoms with E-state index >= 15 is 0 Å². The molecule has 0 aromatic heterocycles. The highest BCUT2D eigenvalue weighted by Crippen LogP contribution is 2.16. The zero-order chi connectivity index (χ0) is 13.7. The summed E-state index contributed by atoms with van der Waals surface area (Å²) in [7, 11) is 0. The van der Waals surface area contributed by atoms with Crippen LogP contribution in [0.2, 0.25) is 0 Å². The van der Waals surface area contributed by atoms with Crippen LogP contribution in [0, 0.1) is 0 Å². The van der Waals surface area contributed by atoms with Gasteiger partial charge in [0.2, 0.25) is 0 Å². The fraction of sp³-hybridized carbons (Fsp3) is 0.545. The molecule has 0 saturated carbocycles. The van der Waals surface area contributed by atoms with E-state index in [0.717, 1.165) is 0 Å². The Morgan fingerprint density at radius 2 is 1.65 bits per heavy atom. The molecule has 0 spiro atoms. The van der Waals surface area contributed by atoms with Gasteiger partial charge in [-0.15, -0.1) is 13.2 Å². The van der Waals surface area contributed by atoms with Crippen LogP contribution in [0.4, 0.5) is 4.79 Å². The van der Waals surface area contributed by atoms with Gasteiger partial charge in [-0.05, 0) is 12.8 Å². The molecule has 0 aromatic rings. The second-order valence-electron chi connectivity index (χ2n) is 3.27. The Hall–Kier alpha value is -1.37. The van der Waals surface area contributed by atoms with Crippen molar-refractivity contribution in [3.63, 3.8) is 0 Å². The van der Waals surface area contributed by atoms with Gasteiger partial charge in [0.1, 0.15) is 0 Å². The fourth-order valence-corrected chi connectivity index (χ4v) is 1.07. The summed E-state index contributed by atoms with van der Waals surface area (Å²) in [6.45, 7) is 7.53. The number of hydrogen-bond acceptors (Lipinski definition) is 4. The highest BCUT2D eigenvalue weighted by Gasteiger charge is 2.23. The van der Waals surface area contributed by atoms with E-state index in [0.29, 0.717) is 12.8 Å². The van der Waals surface area contributed by atoms with E-state index in [-0.39, 0.29) is 19.8 Å². The molecule has 0 aliphatic rings. The van der Waals surface area contributed by atoms with E-state index in [1.54, 1.807) is 12.2 Å². The van der Waals surface area contributed by atoms with Crippen molar-refractivity contribution in [2.24, 2.45) is 0 Å². The molecule has 0 radical (unpaired) electrons. The lowest BCUT2D eigenvalue weighted by molar-refractivity contribution is -0.0486. The molecule has 0 unspecified atom stereocenters. The minimum atomic E-state index is -1.83. The first-order valence-corrected chi connectivity index (χ1v) is 4.96. The quantitative estimate of drug-likeness (QED) is 0.378. The van der Waals surface area contributed by atoms with Crippen LogP contribution in [-0.4, -0.2) is 52.0 Å². The average Bonchev–Trinajstić information content (AvgIpc) is 2.17. The van der Waals surface area contributed by atoms with Crippen LogP contribution in [0.15, 0.2) is 25.3 Å². The summed E-state index contributed by atoms with van der Waals surface area (Å²) in [4.78, 5) is 8.56. The van der Waals surface area contributed by atoms with Crippen molar-refractivity contribution in [3.05, 3.63) is 25.3 Å². The van der Waals surface area contributed by atoms with Crippen LogP contribution >= 0.6 is 0 Å². The zero-order valence-electron chi connectivity index (χ0n) is 9.71. The Morgan fingerprint density at radius 1 is 1.24 bits per heavy atom. The van der Waals surface area contributed by atoms with E-state index in [2.05, 4.69) is 13.2 Å². The molecule has 0 rings (SSSR count). The van der Waals surface area contributed by atoms with Gasteiger partial charge in [-0.2, -0.15) is 0 Å². The number of hydrogen-bond donors (Lipinski definition) is 4. The van der Waals surface area contributed by atoms with Gasteiger partial charge in [0.25, 0.3) is 0 Å². The van der Waals surface area contributed by atoms with Crippen molar-refractivity contribution < 1.29 is 30.0 Å². The maximum absolute atomic E-state index is 9.89. The van der Waals surface area contributed by atoms with Gasteiger partial charge in [0.05, 0.1) is 25.4 Å². The highest BCUT2D eigenvalue weighted by atomic mass is 16.6. The van der Waals surface area contributed by atoms with Crippen molar-refractivity contribution in [2.45, 2.75) is 18.4 Å². The number of aliphatic hydroxyl groups excluding tert-OH is 1. The monoisotopic (exact) mass is 248 g/mol. The Morgan fingerprint density at radius 3 is 1.94 bits per heavy atom. The molecule has 6 heteroatoms. The van der Waals surface area contributed by atoms with Gasteiger partial charge in [-0.1, -0.05) is 12.2 Å². The lowest BCUT2D eigenvalue weighted by atomic mass is 9.97. The normalized spacial score (nSPS) is 10.0. The van der Waals surface area contributed by atoms with Crippen LogP contribution in [-0.2, 0) is 4.74 Å². The lowest BCUT2D eigenvalue weighted by Gasteiger charge is -2.25. The highest BCUT2D eigenvalue weighted by molar-refractivity contribution is 5.53. The molecular formula is C11H20O6. The largest absolute Gasteiger partial charge is 0.503 e. The molecule has 0 bridgehead atoms. The maximum Gasteiger partial charge on any atom is 0.503 e. The second kappa shape index (κ2) is 11.1. The standard InChI is InChI=1S/C10H18O3.CH2O3/c1-3-5-10(12,6-4-2)9-13-8-7-11;2-1(3)4/h3-4,11-12H,1-2,5-9H2;(H2,2,3,4). The third-order valence-electron chi connectivity index (χ3n) is 1.65. The number of ether oxygens (including phenoxy) is 1. The minimum Gasteiger partial charge on any atom is -0.450 e. The van der Waals surface area contributed by atoms with E-state index < -0.39 is 11.8 Å². The summed E-state index contributed by atoms with van der Waals surface area (Å²) >= 11 is 0. The molecule has 0 amide bonds. The predicted molar refractivity (Wildman–Crippen MR) is 63.1 cm³/mol. The molecule has 0 atom stereocenters. The van der Waals surface area contributed by atoms with Crippen LogP contribution in [0.25, 0.3) is 0 Å². The Kier molecular flexibility index (Phi) is 11.8. The van der Waals surface area contributed by atoms with Crippen LogP contribution in [0.5, 0.6) is 0 Å². The van der Waals surface area contributed by atoms with Crippen LogP contribution in [0.1, 0.15) is 12.8 Å². The van der Waals surface area contributed by atoms with Gasteiger partial charge < -0.3 is 25.2 Å². The summed E-state index contributed by atoms with van der Waals surface area (Å²) in [5.74, 6) is 0. The third-order valence-corrected chi connectivity index (χ3v) is 1.65. The third kappa shape index (κ3) is 14.6. The van der Waals surface area contributed by atoms with Crippen LogP contribution < -0.4 is 0 Å². The zero-order valence-corrected chi connectivity index (χ0v) is 9.71. The lowest BCUT2D eigenvalue weighted by Crippen LogP contribution is -2.33. The van der Waals surface area contributed by atoms with Crippen LogP contribution in [0.3, 0.4) is 0 Å². The predicted octanol–water partition coefficient (Wildman–Crippen LogP) is 1.10. The summed E-state index contributed by atoms with van der Waals surface area (Å²) < 4.78 is 5.06. The van der Waals surface area contributed by atoms with E-state index in [1.807, 2.05) is 0 Å². The molecule has 0 aromatic carbocycles. The molecule has 17 heavy (non-hydrogen) atoms. The molecule has 0 saturated heterocycles. The molecular weight excluding hydrogens is 228 g/mol. The molecule has 100 valence electrons. The topological polar surface area (TPSA) is 107 Å². The maximum atomic E-state index is 9.89. The molecule has 4 N–H and O–H groups in total. The minimum absolute atomic E-state index is 0.0295. The number of carboxylic acid groups (broad SMARTS) is 2. The summed E-state index contributed by atoms with van der Waals surface area (Å²) in [6.07, 6.45) is 2.38.